The number of hydrogen-bond acceptors (Lipinski definition) is 7. The first kappa shape index (κ1) is 17.5. The van der Waals surface area contributed by atoms with Crippen molar-refractivity contribution in [3.8, 4) is 0 Å². The number of aliphatic carboxylic acids is 1. The van der Waals surface area contributed by atoms with Crippen LogP contribution in [0.4, 0.5) is 10.1 Å². The standard InChI is InChI=1S/C13H11FN4O5S/c1-6-2-8(14)7(9(3-6)18(22)23)5-15-17-13-16-12(21)10(24-13)4-11(19)20/h2-3,5,10H,4H2,1H3,(H,19,20)(H,16,17,21). The third-order valence-electron chi connectivity index (χ3n) is 2.92. The van der Waals surface area contributed by atoms with Gasteiger partial charge in [0.25, 0.3) is 5.69 Å². The Hall–Kier alpha value is -2.82. The number of halogens is 1. The van der Waals surface area contributed by atoms with Crippen LogP contribution in [0.2, 0.25) is 0 Å². The maximum absolute atomic E-state index is 13.9. The molecule has 1 unspecified atom stereocenters. The van der Waals surface area contributed by atoms with Crippen LogP contribution >= 0.6 is 11.8 Å². The van der Waals surface area contributed by atoms with E-state index in [4.69, 9.17) is 5.11 Å². The number of carbonyl (C=O) groups is 2. The lowest BCUT2D eigenvalue weighted by Gasteiger charge is -2.00. The quantitative estimate of drug-likeness (QED) is 0.467. The van der Waals surface area contributed by atoms with Gasteiger partial charge in [-0.3, -0.25) is 19.7 Å². The van der Waals surface area contributed by atoms with Crippen molar-refractivity contribution in [1.82, 2.24) is 5.32 Å². The van der Waals surface area contributed by atoms with E-state index in [1.807, 2.05) is 0 Å². The summed E-state index contributed by atoms with van der Waals surface area (Å²) >= 11 is 0.867. The first-order valence-corrected chi connectivity index (χ1v) is 7.40. The number of carboxylic acids is 1. The van der Waals surface area contributed by atoms with E-state index in [1.165, 1.54) is 13.0 Å². The molecule has 1 fully saturated rings. The van der Waals surface area contributed by atoms with Gasteiger partial charge < -0.3 is 10.4 Å². The summed E-state index contributed by atoms with van der Waals surface area (Å²) in [6.07, 6.45) is 0.494. The van der Waals surface area contributed by atoms with Gasteiger partial charge in [-0.05, 0) is 18.6 Å². The van der Waals surface area contributed by atoms with E-state index in [1.54, 1.807) is 0 Å². The normalized spacial score (nSPS) is 19.0. The van der Waals surface area contributed by atoms with Gasteiger partial charge in [0.2, 0.25) is 5.91 Å². The largest absolute Gasteiger partial charge is 0.481 e. The molecule has 0 saturated carbocycles. The molecule has 9 nitrogen and oxygen atoms in total. The third-order valence-corrected chi connectivity index (χ3v) is 3.99. The van der Waals surface area contributed by atoms with E-state index in [0.29, 0.717) is 5.56 Å². The van der Waals surface area contributed by atoms with E-state index in [9.17, 15) is 24.1 Å². The van der Waals surface area contributed by atoms with Crippen LogP contribution in [0.1, 0.15) is 17.5 Å². The van der Waals surface area contributed by atoms with Crippen molar-refractivity contribution < 1.29 is 24.0 Å². The number of hydrogen-bond donors (Lipinski definition) is 2. The van der Waals surface area contributed by atoms with Crippen LogP contribution in [-0.2, 0) is 9.59 Å². The van der Waals surface area contributed by atoms with Crippen LogP contribution in [0, 0.1) is 22.9 Å². The second-order valence-corrected chi connectivity index (χ2v) is 5.97. The number of nitrogens with zero attached hydrogens (tertiary/aromatic N) is 3. The lowest BCUT2D eigenvalue weighted by Crippen LogP contribution is -2.26. The molecule has 0 bridgehead atoms. The molecule has 0 aromatic heterocycles. The zero-order valence-corrected chi connectivity index (χ0v) is 13.0. The Morgan fingerprint density at radius 3 is 2.92 bits per heavy atom. The Bertz CT molecular complexity index is 780. The molecule has 1 aromatic rings. The third kappa shape index (κ3) is 4.13. The number of amidine groups is 1. The lowest BCUT2D eigenvalue weighted by molar-refractivity contribution is -0.385. The maximum Gasteiger partial charge on any atom is 0.305 e. The number of thioether (sulfide) groups is 1. The molecular weight excluding hydrogens is 343 g/mol. The van der Waals surface area contributed by atoms with Gasteiger partial charge in [0, 0.05) is 6.07 Å². The number of carboxylic acid groups (broad SMARTS) is 1. The minimum Gasteiger partial charge on any atom is -0.481 e. The van der Waals surface area contributed by atoms with Crippen molar-refractivity contribution in [3.63, 3.8) is 0 Å². The Morgan fingerprint density at radius 1 is 1.58 bits per heavy atom. The van der Waals surface area contributed by atoms with Crippen LogP contribution in [0.15, 0.2) is 22.3 Å². The molecule has 1 saturated heterocycles. The number of benzene rings is 1. The number of nitro groups is 1. The molecule has 11 heteroatoms. The molecule has 1 aliphatic rings. The van der Waals surface area contributed by atoms with E-state index in [0.717, 1.165) is 24.0 Å². The van der Waals surface area contributed by atoms with Crippen LogP contribution in [0.3, 0.4) is 0 Å². The molecule has 1 amide bonds. The predicted octanol–water partition coefficient (Wildman–Crippen LogP) is 1.44. The Morgan fingerprint density at radius 2 is 2.29 bits per heavy atom. The molecular formula is C13H11FN4O5S. The van der Waals surface area contributed by atoms with Gasteiger partial charge in [-0.25, -0.2) is 4.39 Å². The number of amides is 1. The van der Waals surface area contributed by atoms with Gasteiger partial charge in [-0.1, -0.05) is 11.8 Å². The van der Waals surface area contributed by atoms with Gasteiger partial charge in [-0.15, -0.1) is 5.10 Å². The van der Waals surface area contributed by atoms with Crippen molar-refractivity contribution in [2.45, 2.75) is 18.6 Å². The summed E-state index contributed by atoms with van der Waals surface area (Å²) in [6, 6.07) is 2.32. The highest BCUT2D eigenvalue weighted by molar-refractivity contribution is 8.15. The van der Waals surface area contributed by atoms with Crippen LogP contribution < -0.4 is 5.32 Å². The molecule has 0 radical (unpaired) electrons. The van der Waals surface area contributed by atoms with E-state index >= 15 is 0 Å². The molecule has 126 valence electrons. The van der Waals surface area contributed by atoms with E-state index in [2.05, 4.69) is 15.5 Å². The number of nitrogens with one attached hydrogen (secondary N) is 1. The fourth-order valence-electron chi connectivity index (χ4n) is 1.90. The van der Waals surface area contributed by atoms with E-state index in [-0.39, 0.29) is 17.2 Å². The summed E-state index contributed by atoms with van der Waals surface area (Å²) in [5.74, 6) is -2.48. The van der Waals surface area contributed by atoms with Crippen molar-refractivity contribution in [2.75, 3.05) is 0 Å². The predicted molar refractivity (Wildman–Crippen MR) is 84.6 cm³/mol. The monoisotopic (exact) mass is 354 g/mol. The molecule has 1 heterocycles. The molecule has 1 aliphatic heterocycles. The number of nitro benzene ring substituents is 1. The number of carbonyl (C=O) groups excluding carboxylic acids is 1. The Kier molecular flexibility index (Phi) is 5.24. The lowest BCUT2D eigenvalue weighted by atomic mass is 10.1. The molecule has 0 spiro atoms. The minimum absolute atomic E-state index is 0.0395. The highest BCUT2D eigenvalue weighted by Crippen LogP contribution is 2.23. The molecule has 2 N–H and O–H groups in total. The van der Waals surface area contributed by atoms with Gasteiger partial charge in [-0.2, -0.15) is 5.10 Å². The minimum atomic E-state index is -1.13. The Balaban J connectivity index is 2.19. The number of rotatable bonds is 5. The number of aryl methyl sites for hydroxylation is 1. The van der Waals surface area contributed by atoms with Crippen molar-refractivity contribution in [1.29, 1.82) is 0 Å². The highest BCUT2D eigenvalue weighted by atomic mass is 32.2. The van der Waals surface area contributed by atoms with Crippen LogP contribution in [0.5, 0.6) is 0 Å². The van der Waals surface area contributed by atoms with Crippen LogP contribution in [0.25, 0.3) is 0 Å². The molecule has 1 atom stereocenters. The molecule has 1 aromatic carbocycles. The summed E-state index contributed by atoms with van der Waals surface area (Å²) in [6.45, 7) is 1.52. The van der Waals surface area contributed by atoms with Crippen LogP contribution in [-0.4, -0.2) is 38.5 Å². The zero-order chi connectivity index (χ0) is 17.9. The Labute approximate surface area is 138 Å². The summed E-state index contributed by atoms with van der Waals surface area (Å²) in [5, 5.41) is 28.3. The first-order valence-electron chi connectivity index (χ1n) is 6.53. The second kappa shape index (κ2) is 7.17. The van der Waals surface area contributed by atoms with Gasteiger partial charge >= 0.3 is 5.97 Å². The molecule has 0 aliphatic carbocycles. The topological polar surface area (TPSA) is 134 Å². The molecule has 24 heavy (non-hydrogen) atoms. The second-order valence-electron chi connectivity index (χ2n) is 4.78. The fraction of sp³-hybridized carbons (Fsp3) is 0.231. The van der Waals surface area contributed by atoms with Crippen molar-refractivity contribution >= 4 is 40.7 Å². The average molecular weight is 354 g/mol. The SMILES string of the molecule is Cc1cc(F)c(C=NN=C2NC(=O)C(CC(=O)O)S2)c([N+](=O)[O-])c1. The summed E-state index contributed by atoms with van der Waals surface area (Å²) < 4.78 is 13.9. The molecule has 2 rings (SSSR count). The summed E-state index contributed by atoms with van der Waals surface area (Å²) in [5.41, 5.74) is -0.410. The maximum atomic E-state index is 13.9. The average Bonchev–Trinajstić information content (AvgIpc) is 2.80. The highest BCUT2D eigenvalue weighted by Gasteiger charge is 2.32. The van der Waals surface area contributed by atoms with Crippen molar-refractivity contribution in [2.24, 2.45) is 10.2 Å². The first-order chi connectivity index (χ1) is 11.3. The van der Waals surface area contributed by atoms with Gasteiger partial charge in [0.05, 0.1) is 17.6 Å². The van der Waals surface area contributed by atoms with Gasteiger partial charge in [0.1, 0.15) is 16.6 Å². The summed E-state index contributed by atoms with van der Waals surface area (Å²) in [7, 11) is 0. The van der Waals surface area contributed by atoms with Gasteiger partial charge in [0.15, 0.2) is 5.17 Å². The zero-order valence-electron chi connectivity index (χ0n) is 12.2. The van der Waals surface area contributed by atoms with E-state index < -0.39 is 33.6 Å². The summed E-state index contributed by atoms with van der Waals surface area (Å²) in [4.78, 5) is 32.3. The fourth-order valence-corrected chi connectivity index (χ4v) is 2.81. The smallest absolute Gasteiger partial charge is 0.305 e. The van der Waals surface area contributed by atoms with Crippen molar-refractivity contribution in [3.05, 3.63) is 39.2 Å².